The van der Waals surface area contributed by atoms with Gasteiger partial charge in [-0.25, -0.2) is 0 Å². The van der Waals surface area contributed by atoms with Crippen molar-refractivity contribution in [1.82, 2.24) is 14.8 Å². The SMILES string of the molecule is Cc1ccccc1C(C)n1c(CO)nnc1SCC(=O)O. The molecule has 0 saturated carbocycles. The summed E-state index contributed by atoms with van der Waals surface area (Å²) in [6.45, 7) is 3.76. The Kier molecular flexibility index (Phi) is 4.98. The minimum absolute atomic E-state index is 0.0837. The molecule has 1 atom stereocenters. The molecular weight excluding hydrogens is 290 g/mol. The smallest absolute Gasteiger partial charge is 0.313 e. The minimum atomic E-state index is -0.913. The van der Waals surface area contributed by atoms with Crippen LogP contribution in [0.3, 0.4) is 0 Å². The van der Waals surface area contributed by atoms with Crippen LogP contribution in [0, 0.1) is 6.92 Å². The maximum atomic E-state index is 10.7. The van der Waals surface area contributed by atoms with Crippen molar-refractivity contribution >= 4 is 17.7 Å². The van der Waals surface area contributed by atoms with Gasteiger partial charge >= 0.3 is 5.97 Å². The summed E-state index contributed by atoms with van der Waals surface area (Å²) >= 11 is 1.10. The van der Waals surface area contributed by atoms with Gasteiger partial charge in [-0.1, -0.05) is 36.0 Å². The number of rotatable bonds is 6. The third-order valence-electron chi connectivity index (χ3n) is 3.23. The van der Waals surface area contributed by atoms with Gasteiger partial charge < -0.3 is 10.2 Å². The van der Waals surface area contributed by atoms with E-state index in [1.54, 1.807) is 4.57 Å². The lowest BCUT2D eigenvalue weighted by Gasteiger charge is -2.19. The van der Waals surface area contributed by atoms with Crippen molar-refractivity contribution in [1.29, 1.82) is 0 Å². The standard InChI is InChI=1S/C14H17N3O3S/c1-9-5-3-4-6-11(9)10(2)17-12(7-18)15-16-14(17)21-8-13(19)20/h3-6,10,18H,7-8H2,1-2H3,(H,19,20). The van der Waals surface area contributed by atoms with E-state index in [9.17, 15) is 9.90 Å². The van der Waals surface area contributed by atoms with Crippen LogP contribution in [-0.2, 0) is 11.4 Å². The van der Waals surface area contributed by atoms with Crippen LogP contribution in [0.4, 0.5) is 0 Å². The van der Waals surface area contributed by atoms with Gasteiger partial charge in [-0.05, 0) is 25.0 Å². The number of aryl methyl sites for hydroxylation is 1. The number of nitrogens with zero attached hydrogens (tertiary/aromatic N) is 3. The Balaban J connectivity index is 2.39. The Hall–Kier alpha value is -1.86. The Bertz CT molecular complexity index is 642. The zero-order chi connectivity index (χ0) is 15.4. The van der Waals surface area contributed by atoms with Crippen LogP contribution < -0.4 is 0 Å². The van der Waals surface area contributed by atoms with E-state index in [-0.39, 0.29) is 18.4 Å². The Morgan fingerprint density at radius 3 is 2.71 bits per heavy atom. The first-order chi connectivity index (χ1) is 10.0. The number of benzene rings is 1. The first-order valence-electron chi connectivity index (χ1n) is 6.49. The number of carboxylic acids is 1. The zero-order valence-electron chi connectivity index (χ0n) is 11.9. The van der Waals surface area contributed by atoms with Gasteiger partial charge in [0.2, 0.25) is 0 Å². The molecule has 0 spiro atoms. The number of aromatic nitrogens is 3. The molecule has 0 aliphatic carbocycles. The molecule has 1 aromatic carbocycles. The van der Waals surface area contributed by atoms with Gasteiger partial charge in [0.1, 0.15) is 6.61 Å². The summed E-state index contributed by atoms with van der Waals surface area (Å²) in [5.74, 6) is -0.577. The van der Waals surface area contributed by atoms with E-state index in [4.69, 9.17) is 5.11 Å². The van der Waals surface area contributed by atoms with Gasteiger partial charge in [0.15, 0.2) is 11.0 Å². The fourth-order valence-electron chi connectivity index (χ4n) is 2.22. The molecular formula is C14H17N3O3S. The molecule has 0 amide bonds. The van der Waals surface area contributed by atoms with Crippen molar-refractivity contribution in [2.75, 3.05) is 5.75 Å². The van der Waals surface area contributed by atoms with Gasteiger partial charge in [-0.15, -0.1) is 10.2 Å². The van der Waals surface area contributed by atoms with Gasteiger partial charge in [0.25, 0.3) is 0 Å². The maximum Gasteiger partial charge on any atom is 0.313 e. The summed E-state index contributed by atoms with van der Waals surface area (Å²) in [5.41, 5.74) is 2.21. The van der Waals surface area contributed by atoms with Crippen molar-refractivity contribution in [2.45, 2.75) is 31.7 Å². The molecule has 2 rings (SSSR count). The van der Waals surface area contributed by atoms with E-state index >= 15 is 0 Å². The van der Waals surface area contributed by atoms with Crippen molar-refractivity contribution in [2.24, 2.45) is 0 Å². The van der Waals surface area contributed by atoms with Crippen LogP contribution >= 0.6 is 11.8 Å². The molecule has 2 N–H and O–H groups in total. The lowest BCUT2D eigenvalue weighted by atomic mass is 10.0. The van der Waals surface area contributed by atoms with E-state index in [1.165, 1.54) is 0 Å². The predicted molar refractivity (Wildman–Crippen MR) is 79.3 cm³/mol. The van der Waals surface area contributed by atoms with Crippen LogP contribution in [0.25, 0.3) is 0 Å². The summed E-state index contributed by atoms with van der Waals surface area (Å²) < 4.78 is 1.79. The predicted octanol–water partition coefficient (Wildman–Crippen LogP) is 1.86. The molecule has 112 valence electrons. The Morgan fingerprint density at radius 2 is 2.10 bits per heavy atom. The molecule has 0 radical (unpaired) electrons. The highest BCUT2D eigenvalue weighted by atomic mass is 32.2. The first-order valence-corrected chi connectivity index (χ1v) is 7.48. The quantitative estimate of drug-likeness (QED) is 0.792. The molecule has 1 heterocycles. The summed E-state index contributed by atoms with van der Waals surface area (Å²) in [6, 6.07) is 7.85. The number of aliphatic carboxylic acids is 1. The van der Waals surface area contributed by atoms with Crippen LogP contribution in [0.15, 0.2) is 29.4 Å². The summed E-state index contributed by atoms with van der Waals surface area (Å²) in [4.78, 5) is 10.7. The highest BCUT2D eigenvalue weighted by molar-refractivity contribution is 7.99. The number of thioether (sulfide) groups is 1. The van der Waals surface area contributed by atoms with E-state index in [1.807, 2.05) is 38.1 Å². The summed E-state index contributed by atoms with van der Waals surface area (Å²) in [7, 11) is 0. The van der Waals surface area contributed by atoms with Crippen LogP contribution in [0.5, 0.6) is 0 Å². The molecule has 2 aromatic rings. The number of carboxylic acid groups (broad SMARTS) is 1. The van der Waals surface area contributed by atoms with Gasteiger partial charge in [-0.2, -0.15) is 0 Å². The topological polar surface area (TPSA) is 88.2 Å². The first kappa shape index (κ1) is 15.5. The zero-order valence-corrected chi connectivity index (χ0v) is 12.7. The third-order valence-corrected chi connectivity index (χ3v) is 4.15. The number of aliphatic hydroxyl groups is 1. The van der Waals surface area contributed by atoms with E-state index in [0.717, 1.165) is 22.9 Å². The number of hydrogen-bond donors (Lipinski definition) is 2. The highest BCUT2D eigenvalue weighted by Crippen LogP contribution is 2.28. The summed E-state index contributed by atoms with van der Waals surface area (Å²) in [6.07, 6.45) is 0. The minimum Gasteiger partial charge on any atom is -0.481 e. The number of aliphatic hydroxyl groups excluding tert-OH is 1. The van der Waals surface area contributed by atoms with E-state index in [0.29, 0.717) is 11.0 Å². The molecule has 1 unspecified atom stereocenters. The molecule has 6 nitrogen and oxygen atoms in total. The monoisotopic (exact) mass is 307 g/mol. The molecule has 7 heteroatoms. The number of carbonyl (C=O) groups is 1. The van der Waals surface area contributed by atoms with Crippen LogP contribution in [0.1, 0.15) is 29.9 Å². The molecule has 0 bridgehead atoms. The second-order valence-electron chi connectivity index (χ2n) is 4.64. The fraction of sp³-hybridized carbons (Fsp3) is 0.357. The molecule has 0 fully saturated rings. The fourth-order valence-corrected chi connectivity index (χ4v) is 2.98. The van der Waals surface area contributed by atoms with Gasteiger partial charge in [0.05, 0.1) is 11.8 Å². The molecule has 0 saturated heterocycles. The van der Waals surface area contributed by atoms with E-state index in [2.05, 4.69) is 10.2 Å². The Morgan fingerprint density at radius 1 is 1.38 bits per heavy atom. The summed E-state index contributed by atoms with van der Waals surface area (Å²) in [5, 5.41) is 26.7. The van der Waals surface area contributed by atoms with Crippen molar-refractivity contribution in [3.05, 3.63) is 41.2 Å². The van der Waals surface area contributed by atoms with Crippen molar-refractivity contribution in [3.63, 3.8) is 0 Å². The second kappa shape index (κ2) is 6.73. The van der Waals surface area contributed by atoms with Crippen LogP contribution in [0.2, 0.25) is 0 Å². The second-order valence-corrected chi connectivity index (χ2v) is 5.58. The van der Waals surface area contributed by atoms with E-state index < -0.39 is 5.97 Å². The maximum absolute atomic E-state index is 10.7. The third kappa shape index (κ3) is 3.43. The normalized spacial score (nSPS) is 12.3. The van der Waals surface area contributed by atoms with Crippen LogP contribution in [-0.4, -0.2) is 36.7 Å². The highest BCUT2D eigenvalue weighted by Gasteiger charge is 2.20. The largest absolute Gasteiger partial charge is 0.481 e. The van der Waals surface area contributed by atoms with Gasteiger partial charge in [-0.3, -0.25) is 9.36 Å². The molecule has 0 aliphatic rings. The lowest BCUT2D eigenvalue weighted by Crippen LogP contribution is -2.14. The van der Waals surface area contributed by atoms with Crippen molar-refractivity contribution in [3.8, 4) is 0 Å². The molecule has 0 aliphatic heterocycles. The lowest BCUT2D eigenvalue weighted by molar-refractivity contribution is -0.133. The molecule has 21 heavy (non-hydrogen) atoms. The van der Waals surface area contributed by atoms with Crippen molar-refractivity contribution < 1.29 is 15.0 Å². The average molecular weight is 307 g/mol. The Labute approximate surface area is 126 Å². The molecule has 1 aromatic heterocycles. The number of hydrogen-bond acceptors (Lipinski definition) is 5. The average Bonchev–Trinajstić information content (AvgIpc) is 2.87. The van der Waals surface area contributed by atoms with Gasteiger partial charge in [0, 0.05) is 0 Å².